The molecule has 0 aromatic heterocycles. The highest BCUT2D eigenvalue weighted by Gasteiger charge is 2.51. The Kier molecular flexibility index (Phi) is 3.35. The van der Waals surface area contributed by atoms with Crippen LogP contribution in [-0.4, -0.2) is 24.9 Å². The number of anilines is 1. The van der Waals surface area contributed by atoms with Crippen molar-refractivity contribution in [2.75, 3.05) is 10.8 Å². The van der Waals surface area contributed by atoms with Crippen LogP contribution in [0.2, 0.25) is 0 Å². The van der Waals surface area contributed by atoms with Crippen molar-refractivity contribution in [1.82, 2.24) is 0 Å². The third kappa shape index (κ3) is 2.16. The average molecular weight is 291 g/mol. The quantitative estimate of drug-likeness (QED) is 0.617. The molecule has 0 spiro atoms. The summed E-state index contributed by atoms with van der Waals surface area (Å²) in [5, 5.41) is 0. The molecule has 1 saturated heterocycles. The SMILES string of the molecule is CCN1SCc2cc(B3OC(C)(C)C(C)(C)O3)ccc21. The normalized spacial score (nSPS) is 23.2. The minimum absolute atomic E-state index is 0.258. The fourth-order valence-corrected chi connectivity index (χ4v) is 3.59. The van der Waals surface area contributed by atoms with Crippen LogP contribution in [0.25, 0.3) is 0 Å². The third-order valence-electron chi connectivity index (χ3n) is 4.56. The predicted molar refractivity (Wildman–Crippen MR) is 86.5 cm³/mol. The Balaban J connectivity index is 1.87. The van der Waals surface area contributed by atoms with Gasteiger partial charge in [-0.2, -0.15) is 0 Å². The molecule has 2 aliphatic rings. The van der Waals surface area contributed by atoms with Gasteiger partial charge in [-0.25, -0.2) is 0 Å². The Morgan fingerprint density at radius 1 is 1.20 bits per heavy atom. The van der Waals surface area contributed by atoms with Gasteiger partial charge in [-0.1, -0.05) is 12.1 Å². The Labute approximate surface area is 126 Å². The summed E-state index contributed by atoms with van der Waals surface area (Å²) in [5.41, 5.74) is 3.28. The van der Waals surface area contributed by atoms with Gasteiger partial charge in [-0.3, -0.25) is 0 Å². The minimum atomic E-state index is -0.277. The van der Waals surface area contributed by atoms with Crippen LogP contribution in [0.3, 0.4) is 0 Å². The summed E-state index contributed by atoms with van der Waals surface area (Å²) < 4.78 is 14.6. The molecule has 0 N–H and O–H groups in total. The molecule has 2 heterocycles. The maximum absolute atomic E-state index is 6.12. The minimum Gasteiger partial charge on any atom is -0.399 e. The lowest BCUT2D eigenvalue weighted by Gasteiger charge is -2.32. The van der Waals surface area contributed by atoms with Gasteiger partial charge in [-0.05, 0) is 63.7 Å². The smallest absolute Gasteiger partial charge is 0.399 e. The summed E-state index contributed by atoms with van der Waals surface area (Å²) in [5.74, 6) is 1.04. The molecule has 2 aliphatic heterocycles. The maximum Gasteiger partial charge on any atom is 0.494 e. The molecule has 108 valence electrons. The first kappa shape index (κ1) is 14.3. The summed E-state index contributed by atoms with van der Waals surface area (Å²) >= 11 is 1.87. The predicted octanol–water partition coefficient (Wildman–Crippen LogP) is 2.97. The Morgan fingerprint density at radius 2 is 1.85 bits per heavy atom. The summed E-state index contributed by atoms with van der Waals surface area (Å²) in [4.78, 5) is 0. The molecule has 0 radical (unpaired) electrons. The second-order valence-corrected chi connectivity index (χ2v) is 7.43. The molecule has 0 bridgehead atoms. The summed E-state index contributed by atoms with van der Waals surface area (Å²) in [6.07, 6.45) is 0. The van der Waals surface area contributed by atoms with Crippen molar-refractivity contribution in [1.29, 1.82) is 0 Å². The van der Waals surface area contributed by atoms with Crippen molar-refractivity contribution >= 4 is 30.2 Å². The highest BCUT2D eigenvalue weighted by atomic mass is 32.2. The van der Waals surface area contributed by atoms with Gasteiger partial charge in [0.25, 0.3) is 0 Å². The lowest BCUT2D eigenvalue weighted by molar-refractivity contribution is 0.00578. The van der Waals surface area contributed by atoms with Crippen LogP contribution in [0.15, 0.2) is 18.2 Å². The van der Waals surface area contributed by atoms with Crippen molar-refractivity contribution in [3.05, 3.63) is 23.8 Å². The highest BCUT2D eigenvalue weighted by molar-refractivity contribution is 8.00. The maximum atomic E-state index is 6.12. The van der Waals surface area contributed by atoms with Crippen molar-refractivity contribution in [2.45, 2.75) is 51.6 Å². The van der Waals surface area contributed by atoms with Crippen molar-refractivity contribution in [2.24, 2.45) is 0 Å². The van der Waals surface area contributed by atoms with Crippen LogP contribution in [0.5, 0.6) is 0 Å². The molecule has 1 aromatic carbocycles. The molecule has 0 aliphatic carbocycles. The lowest BCUT2D eigenvalue weighted by Crippen LogP contribution is -2.41. The van der Waals surface area contributed by atoms with E-state index < -0.39 is 0 Å². The van der Waals surface area contributed by atoms with Crippen LogP contribution in [0, 0.1) is 0 Å². The van der Waals surface area contributed by atoms with E-state index in [0.29, 0.717) is 0 Å². The molecule has 3 nitrogen and oxygen atoms in total. The van der Waals surface area contributed by atoms with Crippen LogP contribution < -0.4 is 9.77 Å². The van der Waals surface area contributed by atoms with Crippen molar-refractivity contribution < 1.29 is 9.31 Å². The first-order chi connectivity index (χ1) is 9.34. The molecular weight excluding hydrogens is 269 g/mol. The third-order valence-corrected chi connectivity index (χ3v) is 5.77. The average Bonchev–Trinajstić information content (AvgIpc) is 2.87. The zero-order chi connectivity index (χ0) is 14.5. The second kappa shape index (κ2) is 4.68. The van der Waals surface area contributed by atoms with Crippen LogP contribution in [-0.2, 0) is 15.1 Å². The lowest BCUT2D eigenvalue weighted by atomic mass is 9.78. The summed E-state index contributed by atoms with van der Waals surface area (Å²) in [6, 6.07) is 6.56. The molecule has 3 rings (SSSR count). The number of rotatable bonds is 2. The zero-order valence-electron chi connectivity index (χ0n) is 12.9. The summed E-state index contributed by atoms with van der Waals surface area (Å²) in [6.45, 7) is 11.6. The standard InChI is InChI=1S/C15H22BNO2S/c1-6-17-13-8-7-12(9-11(13)10-20-17)16-18-14(2,3)15(4,5)19-16/h7-9H,6,10H2,1-5H3. The van der Waals surface area contributed by atoms with Crippen molar-refractivity contribution in [3.63, 3.8) is 0 Å². The molecule has 20 heavy (non-hydrogen) atoms. The Morgan fingerprint density at radius 3 is 2.45 bits per heavy atom. The molecule has 0 amide bonds. The van der Waals surface area contributed by atoms with E-state index in [2.05, 4.69) is 57.1 Å². The van der Waals surface area contributed by atoms with Gasteiger partial charge in [0.05, 0.1) is 16.9 Å². The van der Waals surface area contributed by atoms with E-state index in [1.54, 1.807) is 0 Å². The van der Waals surface area contributed by atoms with Crippen LogP contribution in [0.1, 0.15) is 40.2 Å². The molecule has 5 heteroatoms. The van der Waals surface area contributed by atoms with E-state index in [1.165, 1.54) is 11.3 Å². The van der Waals surface area contributed by atoms with Crippen LogP contribution in [0.4, 0.5) is 5.69 Å². The van der Waals surface area contributed by atoms with Gasteiger partial charge in [0.15, 0.2) is 0 Å². The number of hydrogen-bond acceptors (Lipinski definition) is 4. The molecule has 1 aromatic rings. The van der Waals surface area contributed by atoms with Gasteiger partial charge in [0.2, 0.25) is 0 Å². The van der Waals surface area contributed by atoms with Crippen molar-refractivity contribution in [3.8, 4) is 0 Å². The topological polar surface area (TPSA) is 21.7 Å². The van der Waals surface area contributed by atoms with Gasteiger partial charge >= 0.3 is 7.12 Å². The van der Waals surface area contributed by atoms with E-state index >= 15 is 0 Å². The molecule has 0 unspecified atom stereocenters. The molecule has 0 saturated carbocycles. The van der Waals surface area contributed by atoms with Gasteiger partial charge in [0.1, 0.15) is 0 Å². The fourth-order valence-electron chi connectivity index (χ4n) is 2.57. The van der Waals surface area contributed by atoms with E-state index in [4.69, 9.17) is 9.31 Å². The zero-order valence-corrected chi connectivity index (χ0v) is 13.7. The Bertz CT molecular complexity index is 517. The van der Waals surface area contributed by atoms with Gasteiger partial charge in [-0.15, -0.1) is 0 Å². The second-order valence-electron chi connectivity index (χ2n) is 6.44. The monoisotopic (exact) mass is 291 g/mol. The van der Waals surface area contributed by atoms with E-state index in [9.17, 15) is 0 Å². The van der Waals surface area contributed by atoms with E-state index in [-0.39, 0.29) is 18.3 Å². The molecule has 0 atom stereocenters. The number of hydrogen-bond donors (Lipinski definition) is 0. The van der Waals surface area contributed by atoms with E-state index in [0.717, 1.165) is 17.8 Å². The Hall–Kier alpha value is -0.645. The fraction of sp³-hybridized carbons (Fsp3) is 0.600. The molecule has 1 fully saturated rings. The van der Waals surface area contributed by atoms with Gasteiger partial charge in [0, 0.05) is 12.3 Å². The first-order valence-electron chi connectivity index (χ1n) is 7.23. The molecular formula is C15H22BNO2S. The van der Waals surface area contributed by atoms with Gasteiger partial charge < -0.3 is 13.6 Å². The number of benzene rings is 1. The largest absolute Gasteiger partial charge is 0.494 e. The number of nitrogens with zero attached hydrogens (tertiary/aromatic N) is 1. The highest BCUT2D eigenvalue weighted by Crippen LogP contribution is 2.39. The van der Waals surface area contributed by atoms with Crippen LogP contribution >= 0.6 is 11.9 Å². The van der Waals surface area contributed by atoms with E-state index in [1.807, 2.05) is 11.9 Å². The number of fused-ring (bicyclic) bond motifs is 1. The first-order valence-corrected chi connectivity index (χ1v) is 8.17. The summed E-state index contributed by atoms with van der Waals surface area (Å²) in [7, 11) is -0.258.